The first kappa shape index (κ1) is 32.9. The topological polar surface area (TPSA) is 121 Å². The molecule has 2 aromatic carbocycles. The van der Waals surface area contributed by atoms with Crippen LogP contribution in [0.15, 0.2) is 48.5 Å². The van der Waals surface area contributed by atoms with Gasteiger partial charge in [-0.25, -0.2) is 9.59 Å². The SMILES string of the molecule is CCC(C)(C)C(=O)OCCCCCCOc1ccc(C(=O)Oc2ccc(/C=C/C(=O)OCCC#N)cc2OC)cc1. The minimum absolute atomic E-state index is 0.0320. The molecular formula is C32H39NO8. The zero-order valence-corrected chi connectivity index (χ0v) is 24.3. The smallest absolute Gasteiger partial charge is 0.343 e. The molecule has 0 atom stereocenters. The van der Waals surface area contributed by atoms with Crippen LogP contribution in [0.4, 0.5) is 0 Å². The summed E-state index contributed by atoms with van der Waals surface area (Å²) >= 11 is 0. The highest BCUT2D eigenvalue weighted by atomic mass is 16.6. The number of ether oxygens (including phenoxy) is 5. The minimum Gasteiger partial charge on any atom is -0.494 e. The second-order valence-electron chi connectivity index (χ2n) is 9.87. The highest BCUT2D eigenvalue weighted by Crippen LogP contribution is 2.29. The first-order valence-electron chi connectivity index (χ1n) is 13.7. The molecule has 0 spiro atoms. The van der Waals surface area contributed by atoms with E-state index < -0.39 is 17.4 Å². The number of hydrogen-bond donors (Lipinski definition) is 0. The second-order valence-corrected chi connectivity index (χ2v) is 9.87. The van der Waals surface area contributed by atoms with E-state index in [-0.39, 0.29) is 24.7 Å². The van der Waals surface area contributed by atoms with Crippen molar-refractivity contribution < 1.29 is 38.1 Å². The van der Waals surface area contributed by atoms with E-state index in [1.165, 1.54) is 19.3 Å². The van der Waals surface area contributed by atoms with Crippen LogP contribution in [-0.4, -0.2) is 44.8 Å². The van der Waals surface area contributed by atoms with Crippen LogP contribution in [0.2, 0.25) is 0 Å². The van der Waals surface area contributed by atoms with E-state index >= 15 is 0 Å². The highest BCUT2D eigenvalue weighted by Gasteiger charge is 2.26. The number of rotatable bonds is 17. The molecule has 220 valence electrons. The van der Waals surface area contributed by atoms with Gasteiger partial charge in [-0.15, -0.1) is 0 Å². The van der Waals surface area contributed by atoms with Crippen LogP contribution in [0, 0.1) is 16.7 Å². The average molecular weight is 566 g/mol. The number of carbonyl (C=O) groups excluding carboxylic acids is 3. The zero-order chi connectivity index (χ0) is 30.1. The summed E-state index contributed by atoms with van der Waals surface area (Å²) in [6.07, 6.45) is 7.26. The van der Waals surface area contributed by atoms with Gasteiger partial charge >= 0.3 is 17.9 Å². The molecule has 0 fully saturated rings. The van der Waals surface area contributed by atoms with Crippen LogP contribution in [0.3, 0.4) is 0 Å². The Balaban J connectivity index is 1.76. The predicted molar refractivity (Wildman–Crippen MR) is 154 cm³/mol. The fraction of sp³-hybridized carbons (Fsp3) is 0.438. The summed E-state index contributed by atoms with van der Waals surface area (Å²) in [7, 11) is 1.45. The van der Waals surface area contributed by atoms with Crippen molar-refractivity contribution in [3.63, 3.8) is 0 Å². The first-order valence-corrected chi connectivity index (χ1v) is 13.7. The van der Waals surface area contributed by atoms with E-state index in [1.807, 2.05) is 26.8 Å². The van der Waals surface area contributed by atoms with Gasteiger partial charge in [-0.2, -0.15) is 5.26 Å². The quantitative estimate of drug-likeness (QED) is 0.0941. The van der Waals surface area contributed by atoms with E-state index in [4.69, 9.17) is 28.9 Å². The Hall–Kier alpha value is -4.32. The Morgan fingerprint density at radius 1 is 0.902 bits per heavy atom. The van der Waals surface area contributed by atoms with E-state index in [2.05, 4.69) is 0 Å². The molecule has 0 aliphatic rings. The molecule has 0 aliphatic heterocycles. The Morgan fingerprint density at radius 2 is 1.61 bits per heavy atom. The van der Waals surface area contributed by atoms with Gasteiger partial charge in [-0.3, -0.25) is 4.79 Å². The number of carbonyl (C=O) groups is 3. The summed E-state index contributed by atoms with van der Waals surface area (Å²) in [6, 6.07) is 13.5. The molecule has 0 bridgehead atoms. The molecule has 9 heteroatoms. The van der Waals surface area contributed by atoms with Crippen LogP contribution >= 0.6 is 0 Å². The molecule has 0 aliphatic carbocycles. The lowest BCUT2D eigenvalue weighted by Crippen LogP contribution is -2.26. The molecule has 0 aromatic heterocycles. The summed E-state index contributed by atoms with van der Waals surface area (Å²) in [4.78, 5) is 36.3. The molecule has 41 heavy (non-hydrogen) atoms. The summed E-state index contributed by atoms with van der Waals surface area (Å²) in [5, 5.41) is 8.49. The summed E-state index contributed by atoms with van der Waals surface area (Å²) < 4.78 is 26.9. The molecule has 0 heterocycles. The van der Waals surface area contributed by atoms with Crippen LogP contribution in [0.5, 0.6) is 17.2 Å². The van der Waals surface area contributed by atoms with Crippen LogP contribution < -0.4 is 14.2 Å². The second kappa shape index (κ2) is 17.4. The van der Waals surface area contributed by atoms with Gasteiger partial charge in [0.2, 0.25) is 0 Å². The Kier molecular flexibility index (Phi) is 13.9. The van der Waals surface area contributed by atoms with E-state index in [1.54, 1.807) is 42.5 Å². The lowest BCUT2D eigenvalue weighted by atomic mass is 9.91. The van der Waals surface area contributed by atoms with E-state index in [0.29, 0.717) is 35.8 Å². The summed E-state index contributed by atoms with van der Waals surface area (Å²) in [5.41, 5.74) is 0.556. The van der Waals surface area contributed by atoms with Gasteiger partial charge in [0.25, 0.3) is 0 Å². The van der Waals surface area contributed by atoms with Crippen LogP contribution in [-0.2, 0) is 19.1 Å². The number of unbranched alkanes of at least 4 members (excludes halogenated alkanes) is 3. The number of methoxy groups -OCH3 is 1. The number of esters is 3. The van der Waals surface area contributed by atoms with Crippen molar-refractivity contribution in [3.8, 4) is 23.3 Å². The molecule has 2 aromatic rings. The molecule has 9 nitrogen and oxygen atoms in total. The van der Waals surface area contributed by atoms with Gasteiger partial charge in [0.1, 0.15) is 12.4 Å². The van der Waals surface area contributed by atoms with E-state index in [9.17, 15) is 14.4 Å². The van der Waals surface area contributed by atoms with Gasteiger partial charge in [0.15, 0.2) is 11.5 Å². The van der Waals surface area contributed by atoms with E-state index in [0.717, 1.165) is 32.1 Å². The standard InChI is InChI=1S/C32H39NO8/c1-5-32(2,3)31(36)40-21-9-7-6-8-20-38-26-15-13-25(14-16-26)30(35)41-27-17-11-24(23-28(27)37-4)12-18-29(34)39-22-10-19-33/h11-18,23H,5-10,20-22H2,1-4H3/b18-12+. The van der Waals surface area contributed by atoms with Crippen molar-refractivity contribution in [3.05, 3.63) is 59.7 Å². The number of nitrogens with zero attached hydrogens (tertiary/aromatic N) is 1. The lowest BCUT2D eigenvalue weighted by molar-refractivity contribution is -0.154. The largest absolute Gasteiger partial charge is 0.494 e. The zero-order valence-electron chi connectivity index (χ0n) is 24.3. The number of benzene rings is 2. The van der Waals surface area contributed by atoms with Crippen molar-refractivity contribution in [2.45, 2.75) is 59.3 Å². The van der Waals surface area contributed by atoms with Gasteiger partial charge in [-0.1, -0.05) is 13.0 Å². The Morgan fingerprint density at radius 3 is 2.27 bits per heavy atom. The van der Waals surface area contributed by atoms with Gasteiger partial charge in [-0.05, 0) is 94.0 Å². The third kappa shape index (κ3) is 11.8. The molecule has 0 saturated heterocycles. The molecule has 0 unspecified atom stereocenters. The molecule has 0 radical (unpaired) electrons. The summed E-state index contributed by atoms with van der Waals surface area (Å²) in [6.45, 7) is 6.78. The lowest BCUT2D eigenvalue weighted by Gasteiger charge is -2.20. The third-order valence-corrected chi connectivity index (χ3v) is 6.33. The van der Waals surface area contributed by atoms with Crippen LogP contribution in [0.25, 0.3) is 6.08 Å². The molecule has 0 N–H and O–H groups in total. The molecule has 2 rings (SSSR count). The maximum absolute atomic E-state index is 12.7. The maximum atomic E-state index is 12.7. The van der Waals surface area contributed by atoms with Gasteiger partial charge < -0.3 is 23.7 Å². The number of nitriles is 1. The fourth-order valence-corrected chi connectivity index (χ4v) is 3.38. The Labute approximate surface area is 242 Å². The fourth-order valence-electron chi connectivity index (χ4n) is 3.38. The molecular weight excluding hydrogens is 526 g/mol. The summed E-state index contributed by atoms with van der Waals surface area (Å²) in [5.74, 6) is -0.0597. The number of hydrogen-bond acceptors (Lipinski definition) is 9. The van der Waals surface area contributed by atoms with Crippen molar-refractivity contribution in [1.29, 1.82) is 5.26 Å². The third-order valence-electron chi connectivity index (χ3n) is 6.33. The molecule has 0 saturated carbocycles. The van der Waals surface area contributed by atoms with Gasteiger partial charge in [0.05, 0.1) is 43.8 Å². The van der Waals surface area contributed by atoms with Crippen molar-refractivity contribution in [1.82, 2.24) is 0 Å². The minimum atomic E-state index is -0.562. The van der Waals surface area contributed by atoms with Gasteiger partial charge in [0, 0.05) is 6.08 Å². The predicted octanol–water partition coefficient (Wildman–Crippen LogP) is 6.30. The van der Waals surface area contributed by atoms with Crippen LogP contribution in [0.1, 0.15) is 75.2 Å². The van der Waals surface area contributed by atoms with Crippen molar-refractivity contribution >= 4 is 24.0 Å². The first-order chi connectivity index (χ1) is 19.7. The van der Waals surface area contributed by atoms with Crippen molar-refractivity contribution in [2.75, 3.05) is 26.9 Å². The molecule has 0 amide bonds. The monoisotopic (exact) mass is 565 g/mol. The highest BCUT2D eigenvalue weighted by molar-refractivity contribution is 5.91. The average Bonchev–Trinajstić information content (AvgIpc) is 2.98. The normalized spacial score (nSPS) is 11.0. The maximum Gasteiger partial charge on any atom is 0.343 e. The van der Waals surface area contributed by atoms with Crippen molar-refractivity contribution in [2.24, 2.45) is 5.41 Å². The Bertz CT molecular complexity index is 1210.